The molecule has 1 aromatic rings. The number of hydrogen-bond donors (Lipinski definition) is 0. The van der Waals surface area contributed by atoms with Gasteiger partial charge >= 0.3 is 5.97 Å². The highest BCUT2D eigenvalue weighted by Gasteiger charge is 2.67. The van der Waals surface area contributed by atoms with Crippen molar-refractivity contribution in [2.45, 2.75) is 25.0 Å². The number of nitrogens with zero attached hydrogens (tertiary/aromatic N) is 1. The highest BCUT2D eigenvalue weighted by molar-refractivity contribution is 6.30. The van der Waals surface area contributed by atoms with Crippen molar-refractivity contribution in [1.82, 2.24) is 0 Å². The third kappa shape index (κ3) is 2.39. The minimum absolute atomic E-state index is 0.00755. The maximum absolute atomic E-state index is 13.8. The molecule has 0 radical (unpaired) electrons. The van der Waals surface area contributed by atoms with Crippen LogP contribution in [0.3, 0.4) is 0 Å². The molecule has 5 nitrogen and oxygen atoms in total. The smallest absolute Gasteiger partial charge is 0.312 e. The highest BCUT2D eigenvalue weighted by Crippen LogP contribution is 2.53. The quantitative estimate of drug-likeness (QED) is 0.608. The van der Waals surface area contributed by atoms with Gasteiger partial charge in [0.05, 0.1) is 30.2 Å². The SMILES string of the molecule is CCCOC(=O)[C@H]1[C@H]2C=C[C@@]3(CN(c4ccc(Cl)c(F)c4)C(=O)[C@@H]13)O2. The van der Waals surface area contributed by atoms with Gasteiger partial charge in [-0.05, 0) is 24.6 Å². The van der Waals surface area contributed by atoms with E-state index in [1.54, 1.807) is 6.07 Å². The van der Waals surface area contributed by atoms with Crippen LogP contribution in [-0.2, 0) is 19.1 Å². The van der Waals surface area contributed by atoms with Crippen LogP contribution in [0.15, 0.2) is 30.4 Å². The number of halogens is 2. The second-order valence-electron chi connectivity index (χ2n) is 6.59. The number of carbonyl (C=O) groups excluding carboxylic acids is 2. The lowest BCUT2D eigenvalue weighted by Gasteiger charge is -2.22. The van der Waals surface area contributed by atoms with Crippen LogP contribution in [-0.4, -0.2) is 36.7 Å². The molecule has 0 aliphatic carbocycles. The van der Waals surface area contributed by atoms with Gasteiger partial charge in [-0.3, -0.25) is 9.59 Å². The van der Waals surface area contributed by atoms with E-state index in [2.05, 4.69) is 0 Å². The van der Waals surface area contributed by atoms with Gasteiger partial charge in [-0.2, -0.15) is 0 Å². The summed E-state index contributed by atoms with van der Waals surface area (Å²) >= 11 is 5.72. The van der Waals surface area contributed by atoms with Crippen LogP contribution in [0.4, 0.5) is 10.1 Å². The van der Waals surface area contributed by atoms with E-state index in [0.29, 0.717) is 18.7 Å². The van der Waals surface area contributed by atoms with Gasteiger partial charge in [-0.1, -0.05) is 30.7 Å². The van der Waals surface area contributed by atoms with E-state index in [1.165, 1.54) is 17.0 Å². The summed E-state index contributed by atoms with van der Waals surface area (Å²) in [4.78, 5) is 26.9. The number of rotatable bonds is 4. The van der Waals surface area contributed by atoms with Gasteiger partial charge in [0, 0.05) is 5.69 Å². The fourth-order valence-corrected chi connectivity index (χ4v) is 4.06. The molecule has 0 saturated carbocycles. The van der Waals surface area contributed by atoms with E-state index in [0.717, 1.165) is 0 Å². The van der Waals surface area contributed by atoms with Crippen LogP contribution in [0.1, 0.15) is 13.3 Å². The molecule has 1 amide bonds. The van der Waals surface area contributed by atoms with Gasteiger partial charge in [0.1, 0.15) is 17.3 Å². The van der Waals surface area contributed by atoms with E-state index >= 15 is 0 Å². The number of benzene rings is 1. The molecule has 3 heterocycles. The predicted molar refractivity (Wildman–Crippen MR) is 88.7 cm³/mol. The van der Waals surface area contributed by atoms with Crippen molar-refractivity contribution in [3.05, 3.63) is 41.2 Å². The lowest BCUT2D eigenvalue weighted by Crippen LogP contribution is -2.40. The third-order valence-electron chi connectivity index (χ3n) is 5.04. The minimum Gasteiger partial charge on any atom is -0.465 e. The zero-order valence-electron chi connectivity index (χ0n) is 13.6. The van der Waals surface area contributed by atoms with Crippen LogP contribution in [0, 0.1) is 17.7 Å². The molecule has 2 saturated heterocycles. The Hall–Kier alpha value is -1.92. The molecule has 3 aliphatic rings. The number of esters is 1. The monoisotopic (exact) mass is 365 g/mol. The zero-order chi connectivity index (χ0) is 17.8. The molecule has 132 valence electrons. The first kappa shape index (κ1) is 16.5. The first-order chi connectivity index (χ1) is 12.0. The summed E-state index contributed by atoms with van der Waals surface area (Å²) in [5, 5.41) is -0.00755. The molecule has 7 heteroatoms. The summed E-state index contributed by atoms with van der Waals surface area (Å²) in [6.45, 7) is 2.46. The second-order valence-corrected chi connectivity index (χ2v) is 7.00. The highest BCUT2D eigenvalue weighted by atomic mass is 35.5. The van der Waals surface area contributed by atoms with Gasteiger partial charge in [-0.25, -0.2) is 4.39 Å². The maximum Gasteiger partial charge on any atom is 0.312 e. The van der Waals surface area contributed by atoms with E-state index < -0.39 is 35.3 Å². The Kier molecular flexibility index (Phi) is 3.85. The molecule has 3 aliphatic heterocycles. The molecule has 0 unspecified atom stereocenters. The summed E-state index contributed by atoms with van der Waals surface area (Å²) in [6.07, 6.45) is 3.92. The Morgan fingerprint density at radius 3 is 3.04 bits per heavy atom. The van der Waals surface area contributed by atoms with Gasteiger partial charge in [0.25, 0.3) is 0 Å². The van der Waals surface area contributed by atoms with Crippen molar-refractivity contribution >= 4 is 29.2 Å². The Morgan fingerprint density at radius 2 is 2.32 bits per heavy atom. The van der Waals surface area contributed by atoms with Crippen LogP contribution in [0.2, 0.25) is 5.02 Å². The fraction of sp³-hybridized carbons (Fsp3) is 0.444. The van der Waals surface area contributed by atoms with Crippen molar-refractivity contribution < 1.29 is 23.5 Å². The molecule has 1 spiro atoms. The van der Waals surface area contributed by atoms with E-state index in [4.69, 9.17) is 21.1 Å². The molecule has 2 bridgehead atoms. The maximum atomic E-state index is 13.8. The van der Waals surface area contributed by atoms with E-state index in [1.807, 2.05) is 19.1 Å². The van der Waals surface area contributed by atoms with Crippen LogP contribution in [0.25, 0.3) is 0 Å². The van der Waals surface area contributed by atoms with Gasteiger partial charge in [-0.15, -0.1) is 0 Å². The average molecular weight is 366 g/mol. The van der Waals surface area contributed by atoms with Gasteiger partial charge in [0.2, 0.25) is 5.91 Å². The molecule has 0 N–H and O–H groups in total. The Labute approximate surface area is 149 Å². The first-order valence-electron chi connectivity index (χ1n) is 8.27. The largest absolute Gasteiger partial charge is 0.465 e. The predicted octanol–water partition coefficient (Wildman–Crippen LogP) is 2.72. The summed E-state index contributed by atoms with van der Waals surface area (Å²) < 4.78 is 25.0. The molecule has 25 heavy (non-hydrogen) atoms. The number of hydrogen-bond acceptors (Lipinski definition) is 4. The Bertz CT molecular complexity index is 782. The minimum atomic E-state index is -0.853. The molecule has 1 aromatic carbocycles. The summed E-state index contributed by atoms with van der Waals surface area (Å²) in [7, 11) is 0. The number of fused-ring (bicyclic) bond motifs is 1. The zero-order valence-corrected chi connectivity index (χ0v) is 14.3. The summed E-state index contributed by atoms with van der Waals surface area (Å²) in [6, 6.07) is 4.21. The van der Waals surface area contributed by atoms with Crippen molar-refractivity contribution in [2.75, 3.05) is 18.1 Å². The Morgan fingerprint density at radius 1 is 1.52 bits per heavy atom. The number of amides is 1. The van der Waals surface area contributed by atoms with Crippen LogP contribution >= 0.6 is 11.6 Å². The normalized spacial score (nSPS) is 32.4. The Balaban J connectivity index is 1.65. The lowest BCUT2D eigenvalue weighted by molar-refractivity contribution is -0.152. The number of carbonyl (C=O) groups is 2. The first-order valence-corrected chi connectivity index (χ1v) is 8.65. The molecular weight excluding hydrogens is 349 g/mol. The average Bonchev–Trinajstić information content (AvgIpc) is 3.23. The van der Waals surface area contributed by atoms with E-state index in [9.17, 15) is 14.0 Å². The number of ether oxygens (including phenoxy) is 2. The lowest BCUT2D eigenvalue weighted by atomic mass is 9.77. The molecule has 4 atom stereocenters. The van der Waals surface area contributed by atoms with E-state index in [-0.39, 0.29) is 17.5 Å². The van der Waals surface area contributed by atoms with Crippen molar-refractivity contribution in [1.29, 1.82) is 0 Å². The van der Waals surface area contributed by atoms with Crippen molar-refractivity contribution in [3.63, 3.8) is 0 Å². The standard InChI is InChI=1S/C18H17ClFNO4/c1-2-7-24-17(23)14-13-5-6-18(25-13)9-21(16(22)15(14)18)10-3-4-11(19)12(20)8-10/h3-6,8,13-15H,2,7,9H2,1H3/t13-,14+,15-,18+/m1/s1. The second kappa shape index (κ2) is 5.81. The summed E-state index contributed by atoms with van der Waals surface area (Å²) in [5.74, 6) is -2.58. The van der Waals surface area contributed by atoms with Crippen LogP contribution < -0.4 is 4.90 Å². The van der Waals surface area contributed by atoms with Crippen molar-refractivity contribution in [3.8, 4) is 0 Å². The summed E-state index contributed by atoms with van der Waals surface area (Å²) in [5.41, 5.74) is -0.454. The molecule has 4 rings (SSSR count). The van der Waals surface area contributed by atoms with Crippen LogP contribution in [0.5, 0.6) is 0 Å². The van der Waals surface area contributed by atoms with Crippen molar-refractivity contribution in [2.24, 2.45) is 11.8 Å². The molecule has 2 fully saturated rings. The molecular formula is C18H17ClFNO4. The van der Waals surface area contributed by atoms with Gasteiger partial charge < -0.3 is 14.4 Å². The molecule has 0 aromatic heterocycles. The number of anilines is 1. The van der Waals surface area contributed by atoms with Gasteiger partial charge in [0.15, 0.2) is 0 Å². The fourth-order valence-electron chi connectivity index (χ4n) is 3.94. The third-order valence-corrected chi connectivity index (χ3v) is 5.34. The topological polar surface area (TPSA) is 55.8 Å².